The summed E-state index contributed by atoms with van der Waals surface area (Å²) >= 11 is 0. The summed E-state index contributed by atoms with van der Waals surface area (Å²) in [5, 5.41) is 0. The highest BCUT2D eigenvalue weighted by Gasteiger charge is 2.25. The van der Waals surface area contributed by atoms with Crippen molar-refractivity contribution in [2.75, 3.05) is 0 Å². The molecule has 0 amide bonds. The second-order valence-corrected chi connectivity index (χ2v) is 6.59. The molecule has 1 rings (SSSR count). The van der Waals surface area contributed by atoms with Crippen molar-refractivity contribution in [1.29, 1.82) is 0 Å². The van der Waals surface area contributed by atoms with Crippen molar-refractivity contribution >= 4 is 0 Å². The molecule has 0 heteroatoms. The van der Waals surface area contributed by atoms with Gasteiger partial charge in [-0.15, -0.1) is 0 Å². The smallest absolute Gasteiger partial charge is 0.00489 e. The van der Waals surface area contributed by atoms with E-state index in [1.807, 2.05) is 0 Å². The maximum atomic E-state index is 4.39. The Morgan fingerprint density at radius 1 is 1.33 bits per heavy atom. The molecular weight excluding hydrogens is 216 g/mol. The Labute approximate surface area is 115 Å². The Kier molecular flexibility index (Phi) is 6.18. The zero-order valence-electron chi connectivity index (χ0n) is 13.1. The highest BCUT2D eigenvalue weighted by Crippen LogP contribution is 2.37. The lowest BCUT2D eigenvalue weighted by Crippen LogP contribution is -2.17. The third-order valence-corrected chi connectivity index (χ3v) is 4.94. The monoisotopic (exact) mass is 248 g/mol. The molecule has 0 saturated carbocycles. The van der Waals surface area contributed by atoms with Crippen LogP contribution in [0.25, 0.3) is 0 Å². The van der Waals surface area contributed by atoms with Crippen LogP contribution in [0.15, 0.2) is 23.8 Å². The van der Waals surface area contributed by atoms with E-state index in [0.29, 0.717) is 5.92 Å². The molecule has 0 radical (unpaired) electrons. The summed E-state index contributed by atoms with van der Waals surface area (Å²) in [4.78, 5) is 0. The predicted octanol–water partition coefficient (Wildman–Crippen LogP) is 6.00. The van der Waals surface area contributed by atoms with E-state index in [9.17, 15) is 0 Å². The molecule has 1 aliphatic rings. The molecule has 4 unspecified atom stereocenters. The van der Waals surface area contributed by atoms with Crippen LogP contribution >= 0.6 is 0 Å². The van der Waals surface area contributed by atoms with Crippen molar-refractivity contribution in [3.63, 3.8) is 0 Å². The predicted molar refractivity (Wildman–Crippen MR) is 82.6 cm³/mol. The molecule has 18 heavy (non-hydrogen) atoms. The first-order chi connectivity index (χ1) is 8.45. The second kappa shape index (κ2) is 7.16. The summed E-state index contributed by atoms with van der Waals surface area (Å²) in [7, 11) is 0. The normalized spacial score (nSPS) is 28.5. The van der Waals surface area contributed by atoms with E-state index in [-0.39, 0.29) is 0 Å². The minimum atomic E-state index is 0.573. The van der Waals surface area contributed by atoms with Gasteiger partial charge in [-0.1, -0.05) is 64.3 Å². The molecule has 0 saturated heterocycles. The van der Waals surface area contributed by atoms with E-state index in [1.54, 1.807) is 5.57 Å². The second-order valence-electron chi connectivity index (χ2n) is 6.59. The lowest BCUT2D eigenvalue weighted by molar-refractivity contribution is 0.322. The van der Waals surface area contributed by atoms with Gasteiger partial charge in [-0.05, 0) is 49.9 Å². The molecule has 1 aliphatic carbocycles. The fourth-order valence-electron chi connectivity index (χ4n) is 3.13. The van der Waals surface area contributed by atoms with E-state index in [0.717, 1.165) is 17.8 Å². The topological polar surface area (TPSA) is 0 Å². The van der Waals surface area contributed by atoms with E-state index in [2.05, 4.69) is 47.3 Å². The van der Waals surface area contributed by atoms with E-state index in [4.69, 9.17) is 0 Å². The Hall–Kier alpha value is -0.520. The molecule has 0 fully saturated rings. The van der Waals surface area contributed by atoms with Gasteiger partial charge < -0.3 is 0 Å². The first kappa shape index (κ1) is 15.5. The number of rotatable bonds is 5. The maximum absolute atomic E-state index is 4.39. The molecule has 4 atom stereocenters. The molecule has 0 aliphatic heterocycles. The summed E-state index contributed by atoms with van der Waals surface area (Å²) < 4.78 is 0. The van der Waals surface area contributed by atoms with Gasteiger partial charge >= 0.3 is 0 Å². The SMILES string of the molecule is C=C1C(C)C=C(C)CCC1C(C)CCC(C)CC. The minimum Gasteiger partial charge on any atom is -0.0990 e. The van der Waals surface area contributed by atoms with Gasteiger partial charge in [-0.2, -0.15) is 0 Å². The molecule has 0 heterocycles. The largest absolute Gasteiger partial charge is 0.0990 e. The van der Waals surface area contributed by atoms with Gasteiger partial charge in [0.2, 0.25) is 0 Å². The lowest BCUT2D eigenvalue weighted by atomic mass is 9.78. The van der Waals surface area contributed by atoms with Crippen LogP contribution in [0.1, 0.15) is 66.7 Å². The van der Waals surface area contributed by atoms with Crippen LogP contribution < -0.4 is 0 Å². The van der Waals surface area contributed by atoms with Crippen LogP contribution in [0.4, 0.5) is 0 Å². The lowest BCUT2D eigenvalue weighted by Gasteiger charge is -2.27. The summed E-state index contributed by atoms with van der Waals surface area (Å²) in [6.45, 7) is 16.1. The minimum absolute atomic E-state index is 0.573. The van der Waals surface area contributed by atoms with E-state index >= 15 is 0 Å². The molecule has 0 aromatic carbocycles. The van der Waals surface area contributed by atoms with E-state index < -0.39 is 0 Å². The van der Waals surface area contributed by atoms with Crippen LogP contribution in [0.5, 0.6) is 0 Å². The average molecular weight is 248 g/mol. The Morgan fingerprint density at radius 3 is 2.61 bits per heavy atom. The third kappa shape index (κ3) is 4.30. The highest BCUT2D eigenvalue weighted by atomic mass is 14.3. The van der Waals surface area contributed by atoms with Crippen molar-refractivity contribution in [2.24, 2.45) is 23.7 Å². The van der Waals surface area contributed by atoms with Crippen LogP contribution in [-0.4, -0.2) is 0 Å². The molecule has 0 N–H and O–H groups in total. The quantitative estimate of drug-likeness (QED) is 0.524. The molecule has 0 spiro atoms. The molecule has 0 aromatic rings. The van der Waals surface area contributed by atoms with E-state index in [1.165, 1.54) is 37.7 Å². The molecule has 0 bridgehead atoms. The van der Waals surface area contributed by atoms with Crippen LogP contribution in [0.3, 0.4) is 0 Å². The van der Waals surface area contributed by atoms with Gasteiger partial charge in [0.1, 0.15) is 0 Å². The number of hydrogen-bond acceptors (Lipinski definition) is 0. The molecular formula is C18H32. The molecule has 104 valence electrons. The van der Waals surface area contributed by atoms with Crippen LogP contribution in [0.2, 0.25) is 0 Å². The number of allylic oxidation sites excluding steroid dienone is 3. The summed E-state index contributed by atoms with van der Waals surface area (Å²) in [6.07, 6.45) is 9.06. The Balaban J connectivity index is 2.57. The summed E-state index contributed by atoms with van der Waals surface area (Å²) in [5.74, 6) is 2.98. The zero-order chi connectivity index (χ0) is 13.7. The maximum Gasteiger partial charge on any atom is -0.00489 e. The van der Waals surface area contributed by atoms with Crippen molar-refractivity contribution in [3.05, 3.63) is 23.8 Å². The Morgan fingerprint density at radius 2 is 2.00 bits per heavy atom. The van der Waals surface area contributed by atoms with Crippen molar-refractivity contribution in [1.82, 2.24) is 0 Å². The van der Waals surface area contributed by atoms with Gasteiger partial charge in [0.25, 0.3) is 0 Å². The zero-order valence-corrected chi connectivity index (χ0v) is 13.1. The fourth-order valence-corrected chi connectivity index (χ4v) is 3.13. The van der Waals surface area contributed by atoms with Gasteiger partial charge in [0, 0.05) is 0 Å². The van der Waals surface area contributed by atoms with Gasteiger partial charge in [0.05, 0.1) is 0 Å². The van der Waals surface area contributed by atoms with Gasteiger partial charge in [-0.3, -0.25) is 0 Å². The van der Waals surface area contributed by atoms with Crippen molar-refractivity contribution in [3.8, 4) is 0 Å². The average Bonchev–Trinajstić information content (AvgIpc) is 2.46. The first-order valence-corrected chi connectivity index (χ1v) is 7.81. The van der Waals surface area contributed by atoms with Crippen LogP contribution in [-0.2, 0) is 0 Å². The van der Waals surface area contributed by atoms with Gasteiger partial charge in [-0.25, -0.2) is 0 Å². The van der Waals surface area contributed by atoms with Crippen molar-refractivity contribution < 1.29 is 0 Å². The molecule has 0 aromatic heterocycles. The summed E-state index contributed by atoms with van der Waals surface area (Å²) in [6, 6.07) is 0. The van der Waals surface area contributed by atoms with Crippen molar-refractivity contribution in [2.45, 2.75) is 66.7 Å². The third-order valence-electron chi connectivity index (χ3n) is 4.94. The standard InChI is InChI=1S/C18H32/c1-7-13(2)8-10-15(4)18-11-9-14(3)12-16(5)17(18)6/h12-13,15-16,18H,6-11H2,1-5H3. The number of hydrogen-bond donors (Lipinski definition) is 0. The highest BCUT2D eigenvalue weighted by molar-refractivity contribution is 5.19. The fraction of sp³-hybridized carbons (Fsp3) is 0.778. The first-order valence-electron chi connectivity index (χ1n) is 7.81. The van der Waals surface area contributed by atoms with Gasteiger partial charge in [0.15, 0.2) is 0 Å². The molecule has 0 nitrogen and oxygen atoms in total. The Bertz CT molecular complexity index is 297. The van der Waals surface area contributed by atoms with Crippen LogP contribution in [0, 0.1) is 23.7 Å². The summed E-state index contributed by atoms with van der Waals surface area (Å²) in [5.41, 5.74) is 3.03.